The Morgan fingerprint density at radius 1 is 1.12 bits per heavy atom. The summed E-state index contributed by atoms with van der Waals surface area (Å²) in [6.45, 7) is 6.09. The highest BCUT2D eigenvalue weighted by molar-refractivity contribution is 7.92. The topological polar surface area (TPSA) is 75.3 Å². The standard InChI is InChI=1S/C19H24N2O3S/c1-5-18(17-10-9-13(2)11-14(17)3)20-19(22)15-7-6-8-16(12-15)21-25(4,23)24/h6-12,18,21H,5H2,1-4H3,(H,20,22)/t18-/m0/s1. The summed E-state index contributed by atoms with van der Waals surface area (Å²) in [5.41, 5.74) is 4.19. The number of hydrogen-bond acceptors (Lipinski definition) is 3. The zero-order valence-electron chi connectivity index (χ0n) is 15.0. The predicted molar refractivity (Wildman–Crippen MR) is 101 cm³/mol. The maximum absolute atomic E-state index is 12.6. The van der Waals surface area contributed by atoms with Gasteiger partial charge in [-0.05, 0) is 49.6 Å². The molecule has 134 valence electrons. The Morgan fingerprint density at radius 2 is 1.84 bits per heavy atom. The first-order chi connectivity index (χ1) is 11.7. The van der Waals surface area contributed by atoms with Gasteiger partial charge in [0, 0.05) is 11.3 Å². The number of aryl methyl sites for hydroxylation is 2. The number of amides is 1. The fourth-order valence-corrected chi connectivity index (χ4v) is 3.35. The molecule has 0 aliphatic rings. The Kier molecular flexibility index (Phi) is 5.85. The first-order valence-corrected chi connectivity index (χ1v) is 10.0. The van der Waals surface area contributed by atoms with Crippen LogP contribution in [0.4, 0.5) is 5.69 Å². The molecular weight excluding hydrogens is 336 g/mol. The van der Waals surface area contributed by atoms with Crippen LogP contribution in [0, 0.1) is 13.8 Å². The molecule has 0 aliphatic carbocycles. The maximum Gasteiger partial charge on any atom is 0.251 e. The lowest BCUT2D eigenvalue weighted by Gasteiger charge is -2.20. The van der Waals surface area contributed by atoms with Crippen molar-refractivity contribution in [3.8, 4) is 0 Å². The van der Waals surface area contributed by atoms with Crippen molar-refractivity contribution in [3.05, 3.63) is 64.7 Å². The van der Waals surface area contributed by atoms with Crippen LogP contribution in [-0.4, -0.2) is 20.6 Å². The molecule has 0 aromatic heterocycles. The van der Waals surface area contributed by atoms with E-state index in [4.69, 9.17) is 0 Å². The molecule has 2 aromatic rings. The zero-order chi connectivity index (χ0) is 18.6. The molecule has 2 aromatic carbocycles. The highest BCUT2D eigenvalue weighted by Gasteiger charge is 2.16. The van der Waals surface area contributed by atoms with E-state index in [0.717, 1.165) is 23.8 Å². The molecule has 0 saturated carbocycles. The Labute approximate surface area is 149 Å². The molecule has 0 saturated heterocycles. The van der Waals surface area contributed by atoms with Crippen LogP contribution in [0.3, 0.4) is 0 Å². The van der Waals surface area contributed by atoms with E-state index in [1.165, 1.54) is 11.6 Å². The van der Waals surface area contributed by atoms with Crippen LogP contribution in [0.5, 0.6) is 0 Å². The smallest absolute Gasteiger partial charge is 0.251 e. The summed E-state index contributed by atoms with van der Waals surface area (Å²) in [4.78, 5) is 12.6. The minimum absolute atomic E-state index is 0.0976. The minimum atomic E-state index is -3.38. The number of hydrogen-bond donors (Lipinski definition) is 2. The number of anilines is 1. The monoisotopic (exact) mass is 360 g/mol. The third kappa shape index (κ3) is 5.32. The Balaban J connectivity index is 2.21. The van der Waals surface area contributed by atoms with E-state index in [-0.39, 0.29) is 11.9 Å². The van der Waals surface area contributed by atoms with Gasteiger partial charge in [-0.1, -0.05) is 36.8 Å². The average Bonchev–Trinajstić information content (AvgIpc) is 2.51. The molecule has 6 heteroatoms. The van der Waals surface area contributed by atoms with Crippen molar-refractivity contribution in [1.29, 1.82) is 0 Å². The summed E-state index contributed by atoms with van der Waals surface area (Å²) in [5, 5.41) is 3.03. The van der Waals surface area contributed by atoms with Crippen molar-refractivity contribution in [1.82, 2.24) is 5.32 Å². The largest absolute Gasteiger partial charge is 0.345 e. The second-order valence-electron chi connectivity index (χ2n) is 6.25. The molecule has 25 heavy (non-hydrogen) atoms. The van der Waals surface area contributed by atoms with Crippen LogP contribution >= 0.6 is 0 Å². The first-order valence-electron chi connectivity index (χ1n) is 8.15. The number of sulfonamides is 1. The van der Waals surface area contributed by atoms with E-state index in [1.807, 2.05) is 32.9 Å². The summed E-state index contributed by atoms with van der Waals surface area (Å²) in [5.74, 6) is -0.232. The van der Waals surface area contributed by atoms with E-state index < -0.39 is 10.0 Å². The van der Waals surface area contributed by atoms with E-state index in [9.17, 15) is 13.2 Å². The quantitative estimate of drug-likeness (QED) is 0.827. The molecule has 0 unspecified atom stereocenters. The normalized spacial score (nSPS) is 12.5. The van der Waals surface area contributed by atoms with Crippen LogP contribution < -0.4 is 10.0 Å². The molecule has 2 rings (SSSR count). The molecule has 0 heterocycles. The fraction of sp³-hybridized carbons (Fsp3) is 0.316. The lowest BCUT2D eigenvalue weighted by Crippen LogP contribution is -2.28. The van der Waals surface area contributed by atoms with Crippen molar-refractivity contribution < 1.29 is 13.2 Å². The molecule has 5 nitrogen and oxygen atoms in total. The van der Waals surface area contributed by atoms with Gasteiger partial charge >= 0.3 is 0 Å². The lowest BCUT2D eigenvalue weighted by molar-refractivity contribution is 0.0935. The molecule has 1 amide bonds. The molecule has 0 fully saturated rings. The van der Waals surface area contributed by atoms with Gasteiger partial charge in [0.25, 0.3) is 5.91 Å². The van der Waals surface area contributed by atoms with E-state index in [0.29, 0.717) is 11.3 Å². The summed E-state index contributed by atoms with van der Waals surface area (Å²) >= 11 is 0. The molecular formula is C19H24N2O3S. The molecule has 0 bridgehead atoms. The van der Waals surface area contributed by atoms with Crippen molar-refractivity contribution in [2.45, 2.75) is 33.2 Å². The van der Waals surface area contributed by atoms with E-state index in [2.05, 4.69) is 16.1 Å². The highest BCUT2D eigenvalue weighted by atomic mass is 32.2. The van der Waals surface area contributed by atoms with E-state index in [1.54, 1.807) is 18.2 Å². The summed E-state index contributed by atoms with van der Waals surface area (Å²) in [7, 11) is -3.38. The Morgan fingerprint density at radius 3 is 2.44 bits per heavy atom. The van der Waals surface area contributed by atoms with Crippen molar-refractivity contribution in [3.63, 3.8) is 0 Å². The molecule has 0 spiro atoms. The third-order valence-corrected chi connectivity index (χ3v) is 4.55. The predicted octanol–water partition coefficient (Wildman–Crippen LogP) is 3.56. The number of rotatable bonds is 6. The number of carbonyl (C=O) groups excluding carboxylic acids is 1. The number of carbonyl (C=O) groups is 1. The summed E-state index contributed by atoms with van der Waals surface area (Å²) < 4.78 is 25.1. The van der Waals surface area contributed by atoms with Gasteiger partial charge in [-0.2, -0.15) is 0 Å². The van der Waals surface area contributed by atoms with Crippen LogP contribution in [-0.2, 0) is 10.0 Å². The third-order valence-electron chi connectivity index (χ3n) is 3.94. The lowest BCUT2D eigenvalue weighted by atomic mass is 9.97. The van der Waals surface area contributed by atoms with Gasteiger partial charge in [-0.3, -0.25) is 9.52 Å². The number of nitrogens with one attached hydrogen (secondary N) is 2. The second-order valence-corrected chi connectivity index (χ2v) is 8.00. The maximum atomic E-state index is 12.6. The van der Waals surface area contributed by atoms with Crippen LogP contribution in [0.25, 0.3) is 0 Å². The van der Waals surface area contributed by atoms with Crippen molar-refractivity contribution in [2.75, 3.05) is 11.0 Å². The fourth-order valence-electron chi connectivity index (χ4n) is 2.80. The van der Waals surface area contributed by atoms with Gasteiger partial charge < -0.3 is 5.32 Å². The Hall–Kier alpha value is -2.34. The number of benzene rings is 2. The van der Waals surface area contributed by atoms with Gasteiger partial charge in [0.15, 0.2) is 0 Å². The van der Waals surface area contributed by atoms with Gasteiger partial charge in [0.05, 0.1) is 12.3 Å². The van der Waals surface area contributed by atoms with Crippen molar-refractivity contribution in [2.24, 2.45) is 0 Å². The van der Waals surface area contributed by atoms with Crippen LogP contribution in [0.1, 0.15) is 46.4 Å². The minimum Gasteiger partial charge on any atom is -0.345 e. The summed E-state index contributed by atoms with van der Waals surface area (Å²) in [6, 6.07) is 12.5. The average molecular weight is 360 g/mol. The highest BCUT2D eigenvalue weighted by Crippen LogP contribution is 2.22. The van der Waals surface area contributed by atoms with Crippen LogP contribution in [0.15, 0.2) is 42.5 Å². The van der Waals surface area contributed by atoms with Crippen LogP contribution in [0.2, 0.25) is 0 Å². The summed E-state index contributed by atoms with van der Waals surface area (Å²) in [6.07, 6.45) is 1.84. The molecule has 0 aliphatic heterocycles. The first kappa shape index (κ1) is 19.0. The zero-order valence-corrected chi connectivity index (χ0v) is 15.8. The van der Waals surface area contributed by atoms with Gasteiger partial charge in [-0.15, -0.1) is 0 Å². The molecule has 0 radical (unpaired) electrons. The Bertz CT molecular complexity index is 876. The van der Waals surface area contributed by atoms with Gasteiger partial charge in [-0.25, -0.2) is 8.42 Å². The second kappa shape index (κ2) is 7.70. The van der Waals surface area contributed by atoms with Crippen molar-refractivity contribution >= 4 is 21.6 Å². The SMILES string of the molecule is CC[C@H](NC(=O)c1cccc(NS(C)(=O)=O)c1)c1ccc(C)cc1C. The molecule has 2 N–H and O–H groups in total. The molecule has 1 atom stereocenters. The van der Waals surface area contributed by atoms with Gasteiger partial charge in [0.1, 0.15) is 0 Å². The van der Waals surface area contributed by atoms with Gasteiger partial charge in [0.2, 0.25) is 10.0 Å². The van der Waals surface area contributed by atoms with E-state index >= 15 is 0 Å².